The van der Waals surface area contributed by atoms with E-state index in [0.29, 0.717) is 16.7 Å². The predicted octanol–water partition coefficient (Wildman–Crippen LogP) is 3.97. The summed E-state index contributed by atoms with van der Waals surface area (Å²) in [4.78, 5) is 19.5. The Balaban J connectivity index is 2.26. The lowest BCUT2D eigenvalue weighted by atomic mass is 10.2. The smallest absolute Gasteiger partial charge is 0.259 e. The molecule has 0 fully saturated rings. The van der Waals surface area contributed by atoms with Gasteiger partial charge in [0.1, 0.15) is 11.6 Å². The average Bonchev–Trinajstić information content (AvgIpc) is 2.49. The van der Waals surface area contributed by atoms with Gasteiger partial charge < -0.3 is 9.72 Å². The zero-order valence-electron chi connectivity index (χ0n) is 11.0. The van der Waals surface area contributed by atoms with Crippen molar-refractivity contribution in [3.05, 3.63) is 54.8 Å². The number of hydrogen-bond donors (Lipinski definition) is 1. The maximum Gasteiger partial charge on any atom is 0.259 e. The van der Waals surface area contributed by atoms with Gasteiger partial charge in [-0.3, -0.25) is 4.79 Å². The van der Waals surface area contributed by atoms with Gasteiger partial charge in [-0.05, 0) is 62.8 Å². The highest BCUT2D eigenvalue weighted by atomic mass is 127. The third-order valence-electron chi connectivity index (χ3n) is 3.11. The molecule has 3 rings (SSSR count). The maximum atomic E-state index is 12.2. The zero-order valence-corrected chi connectivity index (χ0v) is 14.7. The fourth-order valence-corrected chi connectivity index (χ4v) is 3.28. The van der Waals surface area contributed by atoms with Gasteiger partial charge in [-0.25, -0.2) is 4.98 Å². The van der Waals surface area contributed by atoms with Gasteiger partial charge in [0.05, 0.1) is 21.6 Å². The second-order valence-corrected chi connectivity index (χ2v) is 6.41. The number of nitrogens with one attached hydrogen (secondary N) is 1. The van der Waals surface area contributed by atoms with Crippen molar-refractivity contribution in [2.24, 2.45) is 0 Å². The lowest BCUT2D eigenvalue weighted by Gasteiger charge is -2.09. The van der Waals surface area contributed by atoms with Gasteiger partial charge in [0.15, 0.2) is 0 Å². The molecule has 21 heavy (non-hydrogen) atoms. The van der Waals surface area contributed by atoms with E-state index in [0.717, 1.165) is 19.4 Å². The van der Waals surface area contributed by atoms with E-state index in [-0.39, 0.29) is 5.56 Å². The number of H-pyrrole nitrogens is 1. The molecule has 0 atom stereocenters. The Hall–Kier alpha value is -1.41. The first-order valence-corrected chi connectivity index (χ1v) is 8.00. The number of aromatic amines is 1. The van der Waals surface area contributed by atoms with E-state index >= 15 is 0 Å². The third-order valence-corrected chi connectivity index (χ3v) is 4.61. The van der Waals surface area contributed by atoms with Crippen LogP contribution in [-0.2, 0) is 0 Å². The van der Waals surface area contributed by atoms with Crippen molar-refractivity contribution in [1.82, 2.24) is 9.97 Å². The molecular weight excluding hydrogens is 447 g/mol. The Morgan fingerprint density at radius 2 is 2.05 bits per heavy atom. The number of benzene rings is 2. The first-order chi connectivity index (χ1) is 10.1. The standard InChI is InChI=1S/C15H10BrIN2O2/c1-21-13-7-10(16)9(6-11(13)17)14-18-12-5-3-2-4-8(12)15(20)19-14/h2-7H,1H3,(H,18,19,20). The van der Waals surface area contributed by atoms with Crippen molar-refractivity contribution in [3.8, 4) is 17.1 Å². The summed E-state index contributed by atoms with van der Waals surface area (Å²) in [7, 11) is 1.62. The van der Waals surface area contributed by atoms with Crippen LogP contribution in [-0.4, -0.2) is 17.1 Å². The Labute approximate surface area is 142 Å². The summed E-state index contributed by atoms with van der Waals surface area (Å²) in [5.41, 5.74) is 1.35. The number of para-hydroxylation sites is 1. The number of aromatic nitrogens is 2. The van der Waals surface area contributed by atoms with Crippen molar-refractivity contribution in [3.63, 3.8) is 0 Å². The summed E-state index contributed by atoms with van der Waals surface area (Å²) in [5, 5.41) is 0.584. The Morgan fingerprint density at radius 1 is 1.29 bits per heavy atom. The molecule has 0 aliphatic heterocycles. The van der Waals surface area contributed by atoms with Crippen molar-refractivity contribution < 1.29 is 4.74 Å². The first kappa shape index (κ1) is 14.5. The third kappa shape index (κ3) is 2.69. The summed E-state index contributed by atoms with van der Waals surface area (Å²) in [5.74, 6) is 1.31. The van der Waals surface area contributed by atoms with E-state index in [1.165, 1.54) is 0 Å². The molecule has 0 aliphatic carbocycles. The second-order valence-electron chi connectivity index (χ2n) is 4.40. The average molecular weight is 457 g/mol. The van der Waals surface area contributed by atoms with Crippen LogP contribution in [0.5, 0.6) is 5.75 Å². The van der Waals surface area contributed by atoms with Crippen LogP contribution in [0.3, 0.4) is 0 Å². The molecule has 0 bridgehead atoms. The van der Waals surface area contributed by atoms with Crippen LogP contribution in [0.1, 0.15) is 0 Å². The maximum absolute atomic E-state index is 12.2. The Bertz CT molecular complexity index is 892. The minimum absolute atomic E-state index is 0.145. The fraction of sp³-hybridized carbons (Fsp3) is 0.0667. The second kappa shape index (κ2) is 5.76. The van der Waals surface area contributed by atoms with Crippen LogP contribution >= 0.6 is 38.5 Å². The molecule has 0 unspecified atom stereocenters. The topological polar surface area (TPSA) is 55.0 Å². The van der Waals surface area contributed by atoms with Crippen LogP contribution in [0, 0.1) is 3.57 Å². The van der Waals surface area contributed by atoms with Gasteiger partial charge in [-0.1, -0.05) is 12.1 Å². The number of methoxy groups -OCH3 is 1. The van der Waals surface area contributed by atoms with Gasteiger partial charge in [0.2, 0.25) is 0 Å². The number of halogens is 2. The lowest BCUT2D eigenvalue weighted by Crippen LogP contribution is -2.09. The zero-order chi connectivity index (χ0) is 15.0. The summed E-state index contributed by atoms with van der Waals surface area (Å²) >= 11 is 5.69. The van der Waals surface area contributed by atoms with Crippen LogP contribution in [0.2, 0.25) is 0 Å². The van der Waals surface area contributed by atoms with Gasteiger partial charge in [0.25, 0.3) is 5.56 Å². The van der Waals surface area contributed by atoms with Crippen molar-refractivity contribution >= 4 is 49.4 Å². The predicted molar refractivity (Wildman–Crippen MR) is 94.8 cm³/mol. The molecule has 0 radical (unpaired) electrons. The molecule has 0 saturated heterocycles. The highest BCUT2D eigenvalue weighted by molar-refractivity contribution is 14.1. The van der Waals surface area contributed by atoms with E-state index in [1.807, 2.05) is 30.3 Å². The van der Waals surface area contributed by atoms with E-state index < -0.39 is 0 Å². The SMILES string of the molecule is COc1cc(Br)c(-c2nc3ccccc3c(=O)[nH]2)cc1I. The molecule has 1 aromatic heterocycles. The highest BCUT2D eigenvalue weighted by Gasteiger charge is 2.12. The summed E-state index contributed by atoms with van der Waals surface area (Å²) < 4.78 is 7.05. The van der Waals surface area contributed by atoms with Crippen molar-refractivity contribution in [1.29, 1.82) is 0 Å². The Kier molecular flexibility index (Phi) is 3.99. The number of ether oxygens (including phenoxy) is 1. The van der Waals surface area contributed by atoms with Crippen LogP contribution in [0.4, 0.5) is 0 Å². The van der Waals surface area contributed by atoms with Gasteiger partial charge >= 0.3 is 0 Å². The van der Waals surface area contributed by atoms with Gasteiger partial charge in [-0.2, -0.15) is 0 Å². The lowest BCUT2D eigenvalue weighted by molar-refractivity contribution is 0.411. The molecule has 0 aliphatic rings. The summed E-state index contributed by atoms with van der Waals surface area (Å²) in [6.07, 6.45) is 0. The van der Waals surface area contributed by atoms with Crippen LogP contribution < -0.4 is 10.3 Å². The minimum atomic E-state index is -0.145. The molecule has 1 heterocycles. The highest BCUT2D eigenvalue weighted by Crippen LogP contribution is 2.33. The van der Waals surface area contributed by atoms with Crippen molar-refractivity contribution in [2.75, 3.05) is 7.11 Å². The fourth-order valence-electron chi connectivity index (χ4n) is 2.08. The molecule has 0 amide bonds. The van der Waals surface area contributed by atoms with E-state index in [2.05, 4.69) is 48.5 Å². The quantitative estimate of drug-likeness (QED) is 0.593. The van der Waals surface area contributed by atoms with Gasteiger partial charge in [0, 0.05) is 10.0 Å². The molecule has 6 heteroatoms. The first-order valence-electron chi connectivity index (χ1n) is 6.12. The molecular formula is C15H10BrIN2O2. The summed E-state index contributed by atoms with van der Waals surface area (Å²) in [6.45, 7) is 0. The largest absolute Gasteiger partial charge is 0.496 e. The van der Waals surface area contributed by atoms with Crippen LogP contribution in [0.15, 0.2) is 45.7 Å². The number of fused-ring (bicyclic) bond motifs is 1. The molecule has 2 aromatic carbocycles. The molecule has 1 N–H and O–H groups in total. The molecule has 106 valence electrons. The number of hydrogen-bond acceptors (Lipinski definition) is 3. The monoisotopic (exact) mass is 456 g/mol. The normalized spacial score (nSPS) is 10.8. The summed E-state index contributed by atoms with van der Waals surface area (Å²) in [6, 6.07) is 11.1. The molecule has 3 aromatic rings. The van der Waals surface area contributed by atoms with E-state index in [4.69, 9.17) is 4.74 Å². The number of rotatable bonds is 2. The van der Waals surface area contributed by atoms with E-state index in [9.17, 15) is 4.79 Å². The van der Waals surface area contributed by atoms with Crippen LogP contribution in [0.25, 0.3) is 22.3 Å². The van der Waals surface area contributed by atoms with E-state index in [1.54, 1.807) is 13.2 Å². The molecule has 4 nitrogen and oxygen atoms in total. The molecule has 0 spiro atoms. The van der Waals surface area contributed by atoms with Gasteiger partial charge in [-0.15, -0.1) is 0 Å². The van der Waals surface area contributed by atoms with Crippen molar-refractivity contribution in [2.45, 2.75) is 0 Å². The molecule has 0 saturated carbocycles. The Morgan fingerprint density at radius 3 is 2.81 bits per heavy atom. The number of nitrogens with zero attached hydrogens (tertiary/aromatic N) is 1. The minimum Gasteiger partial charge on any atom is -0.496 e.